The van der Waals surface area contributed by atoms with E-state index >= 15 is 0 Å². The third-order valence-corrected chi connectivity index (χ3v) is 4.59. The second kappa shape index (κ2) is 6.67. The van der Waals surface area contributed by atoms with Crippen molar-refractivity contribution in [2.75, 3.05) is 0 Å². The molecule has 1 aliphatic rings. The minimum absolute atomic E-state index is 0.155. The molecule has 2 atom stereocenters. The molecule has 0 amide bonds. The van der Waals surface area contributed by atoms with Gasteiger partial charge in [-0.05, 0) is 38.5 Å². The Morgan fingerprint density at radius 3 is 2.21 bits per heavy atom. The molecule has 2 rings (SSSR count). The van der Waals surface area contributed by atoms with Crippen LogP contribution < -0.4 is 0 Å². The molecule has 0 spiro atoms. The second-order valence-corrected chi connectivity index (χ2v) is 7.92. The zero-order valence-electron chi connectivity index (χ0n) is 13.1. The maximum Gasteiger partial charge on any atom is 0.351 e. The fourth-order valence-corrected chi connectivity index (χ4v) is 2.82. The minimum Gasteiger partial charge on any atom is -0.457 e. The van der Waals surface area contributed by atoms with E-state index in [1.165, 1.54) is 12.1 Å². The molecule has 0 radical (unpaired) electrons. The van der Waals surface area contributed by atoms with Crippen molar-refractivity contribution in [3.05, 3.63) is 44.4 Å². The Bertz CT molecular complexity index is 708. The molecule has 5 nitrogen and oxygen atoms in total. The van der Waals surface area contributed by atoms with Gasteiger partial charge in [-0.1, -0.05) is 51.3 Å². The van der Waals surface area contributed by atoms with Gasteiger partial charge < -0.3 is 14.6 Å². The highest BCUT2D eigenvalue weighted by Gasteiger charge is 2.55. The normalized spacial score (nSPS) is 20.6. The fourth-order valence-electron chi connectivity index (χ4n) is 2.13. The van der Waals surface area contributed by atoms with Crippen molar-refractivity contribution in [3.8, 4) is 0 Å². The van der Waals surface area contributed by atoms with Crippen molar-refractivity contribution < 1.29 is 24.2 Å². The Kier molecular flexibility index (Phi) is 5.35. The van der Waals surface area contributed by atoms with Crippen molar-refractivity contribution in [2.45, 2.75) is 38.1 Å². The lowest BCUT2D eigenvalue weighted by atomic mass is 9.87. The summed E-state index contributed by atoms with van der Waals surface area (Å²) in [5.74, 6) is -1.91. The summed E-state index contributed by atoms with van der Waals surface area (Å²) in [5, 5.41) is 10.5. The maximum atomic E-state index is 12.7. The molecule has 1 heterocycles. The zero-order chi connectivity index (χ0) is 18.3. The van der Waals surface area contributed by atoms with Gasteiger partial charge >= 0.3 is 11.9 Å². The third-order valence-electron chi connectivity index (χ3n) is 3.22. The van der Waals surface area contributed by atoms with Crippen molar-refractivity contribution in [3.63, 3.8) is 0 Å². The topological polar surface area (TPSA) is 72.8 Å². The number of hydrogen-bond donors (Lipinski definition) is 1. The first-order valence-corrected chi connectivity index (χ1v) is 8.49. The molecule has 1 aromatic carbocycles. The molecule has 0 unspecified atom stereocenters. The van der Waals surface area contributed by atoms with Gasteiger partial charge in [-0.2, -0.15) is 0 Å². The number of aliphatic hydroxyl groups is 1. The van der Waals surface area contributed by atoms with Crippen molar-refractivity contribution in [1.82, 2.24) is 0 Å². The summed E-state index contributed by atoms with van der Waals surface area (Å²) in [6.45, 7) is 4.95. The summed E-state index contributed by atoms with van der Waals surface area (Å²) >= 11 is 15.1. The number of ether oxygens (including phenoxy) is 2. The molecular formula is C16H15BrCl2O5. The van der Waals surface area contributed by atoms with Gasteiger partial charge in [0.15, 0.2) is 6.10 Å². The van der Waals surface area contributed by atoms with Crippen LogP contribution in [-0.4, -0.2) is 28.8 Å². The van der Waals surface area contributed by atoms with Gasteiger partial charge in [-0.3, -0.25) is 0 Å². The van der Waals surface area contributed by atoms with Crippen LogP contribution in [0, 0.1) is 0 Å². The zero-order valence-corrected chi connectivity index (χ0v) is 16.2. The van der Waals surface area contributed by atoms with Crippen LogP contribution in [0.4, 0.5) is 0 Å². The van der Waals surface area contributed by atoms with E-state index in [0.29, 0.717) is 0 Å². The first kappa shape index (κ1) is 19.2. The van der Waals surface area contributed by atoms with Gasteiger partial charge in [0.1, 0.15) is 10.6 Å². The first-order valence-electron chi connectivity index (χ1n) is 6.95. The molecule has 0 aliphatic carbocycles. The molecule has 24 heavy (non-hydrogen) atoms. The monoisotopic (exact) mass is 436 g/mol. The quantitative estimate of drug-likeness (QED) is 0.731. The van der Waals surface area contributed by atoms with E-state index in [0.717, 1.165) is 4.47 Å². The summed E-state index contributed by atoms with van der Waals surface area (Å²) in [6, 6.07) is 6.25. The SMILES string of the molecule is CC(C)(C)OC(=O)[C@](O)(c1ccc(Br)cc1)[C@@H]1OC(=O)C(Cl)=C1Cl. The highest BCUT2D eigenvalue weighted by molar-refractivity contribution is 9.10. The number of cyclic esters (lactones) is 1. The van der Waals surface area contributed by atoms with E-state index < -0.39 is 29.2 Å². The molecule has 0 saturated carbocycles. The number of carbonyl (C=O) groups is 2. The molecule has 1 aromatic rings. The molecule has 1 aliphatic heterocycles. The van der Waals surface area contributed by atoms with Crippen molar-refractivity contribution >= 4 is 51.1 Å². The second-order valence-electron chi connectivity index (χ2n) is 6.22. The number of esters is 2. The average Bonchev–Trinajstić information content (AvgIpc) is 2.73. The van der Waals surface area contributed by atoms with E-state index in [9.17, 15) is 14.7 Å². The van der Waals surface area contributed by atoms with E-state index in [2.05, 4.69) is 15.9 Å². The van der Waals surface area contributed by atoms with Crippen LogP contribution in [0.2, 0.25) is 0 Å². The smallest absolute Gasteiger partial charge is 0.351 e. The lowest BCUT2D eigenvalue weighted by molar-refractivity contribution is -0.191. The Hall–Kier alpha value is -1.08. The van der Waals surface area contributed by atoms with Crippen LogP contribution in [0.15, 0.2) is 38.8 Å². The van der Waals surface area contributed by atoms with E-state index in [1.54, 1.807) is 32.9 Å². The van der Waals surface area contributed by atoms with Gasteiger partial charge in [0.2, 0.25) is 5.60 Å². The van der Waals surface area contributed by atoms with Gasteiger partial charge in [-0.15, -0.1) is 0 Å². The Labute approximate surface area is 157 Å². The molecule has 0 aromatic heterocycles. The van der Waals surface area contributed by atoms with Crippen LogP contribution in [0.25, 0.3) is 0 Å². The number of benzene rings is 1. The van der Waals surface area contributed by atoms with Crippen LogP contribution >= 0.6 is 39.1 Å². The molecule has 0 saturated heterocycles. The Morgan fingerprint density at radius 1 is 1.25 bits per heavy atom. The summed E-state index contributed by atoms with van der Waals surface area (Å²) in [6.07, 6.45) is -1.49. The largest absolute Gasteiger partial charge is 0.457 e. The van der Waals surface area contributed by atoms with Crippen LogP contribution in [0.1, 0.15) is 26.3 Å². The maximum absolute atomic E-state index is 12.7. The molecule has 0 bridgehead atoms. The highest BCUT2D eigenvalue weighted by Crippen LogP contribution is 2.41. The number of halogens is 3. The molecule has 130 valence electrons. The minimum atomic E-state index is -2.34. The van der Waals surface area contributed by atoms with Crippen molar-refractivity contribution in [2.24, 2.45) is 0 Å². The van der Waals surface area contributed by atoms with E-state index in [4.69, 9.17) is 32.7 Å². The van der Waals surface area contributed by atoms with Crippen LogP contribution in [0.5, 0.6) is 0 Å². The fraction of sp³-hybridized carbons (Fsp3) is 0.375. The van der Waals surface area contributed by atoms with Crippen molar-refractivity contribution in [1.29, 1.82) is 0 Å². The average molecular weight is 438 g/mol. The van der Waals surface area contributed by atoms with E-state index in [1.807, 2.05) is 0 Å². The molecule has 0 fully saturated rings. The number of hydrogen-bond acceptors (Lipinski definition) is 5. The van der Waals surface area contributed by atoms with Gasteiger partial charge in [0.25, 0.3) is 0 Å². The van der Waals surface area contributed by atoms with Crippen LogP contribution in [0.3, 0.4) is 0 Å². The first-order chi connectivity index (χ1) is 11.0. The predicted molar refractivity (Wildman–Crippen MR) is 92.5 cm³/mol. The number of rotatable bonds is 3. The number of carbonyl (C=O) groups excluding carboxylic acids is 2. The third kappa shape index (κ3) is 3.61. The molecule has 8 heteroatoms. The molecular weight excluding hydrogens is 423 g/mol. The van der Waals surface area contributed by atoms with Gasteiger partial charge in [0, 0.05) is 4.47 Å². The van der Waals surface area contributed by atoms with Gasteiger partial charge in [-0.25, -0.2) is 9.59 Å². The Morgan fingerprint density at radius 2 is 1.79 bits per heavy atom. The van der Waals surface area contributed by atoms with E-state index in [-0.39, 0.29) is 15.6 Å². The summed E-state index contributed by atoms with van der Waals surface area (Å²) < 4.78 is 11.1. The summed E-state index contributed by atoms with van der Waals surface area (Å²) in [5.41, 5.74) is -3.05. The van der Waals surface area contributed by atoms with Crippen LogP contribution in [-0.2, 0) is 24.7 Å². The summed E-state index contributed by atoms with van der Waals surface area (Å²) in [4.78, 5) is 24.4. The van der Waals surface area contributed by atoms with Gasteiger partial charge in [0.05, 0.1) is 5.03 Å². The lowest BCUT2D eigenvalue weighted by Gasteiger charge is -2.34. The highest BCUT2D eigenvalue weighted by atomic mass is 79.9. The molecule has 1 N–H and O–H groups in total. The lowest BCUT2D eigenvalue weighted by Crippen LogP contribution is -2.50. The summed E-state index contributed by atoms with van der Waals surface area (Å²) in [7, 11) is 0. The Balaban J connectivity index is 2.56. The standard InChI is InChI=1S/C16H15BrCl2O5/c1-15(2,3)24-14(21)16(22,8-4-6-9(17)7-5-8)12-10(18)11(19)13(20)23-12/h4-7,12,22H,1-3H3/t12-,16+/m1/s1. The predicted octanol–water partition coefficient (Wildman–Crippen LogP) is 3.59.